The van der Waals surface area contributed by atoms with E-state index in [4.69, 9.17) is 9.47 Å². The van der Waals surface area contributed by atoms with Crippen molar-refractivity contribution in [1.82, 2.24) is 15.1 Å². The number of benzene rings is 1. The van der Waals surface area contributed by atoms with E-state index in [-0.39, 0.29) is 42.7 Å². The molecule has 9 heteroatoms. The molecule has 0 bridgehead atoms. The molecular formula is C33H56N4O5. The van der Waals surface area contributed by atoms with Crippen LogP contribution < -0.4 is 15.4 Å². The first kappa shape index (κ1) is 34.1. The number of carbonyl (C=O) groups is 2. The second-order valence-corrected chi connectivity index (χ2v) is 13.0. The van der Waals surface area contributed by atoms with Gasteiger partial charge in [-0.05, 0) is 91.0 Å². The number of ether oxygens (including phenoxy) is 2. The van der Waals surface area contributed by atoms with Crippen LogP contribution >= 0.6 is 0 Å². The highest BCUT2D eigenvalue weighted by atomic mass is 16.5. The monoisotopic (exact) mass is 588 g/mol. The first-order chi connectivity index (χ1) is 20.1. The lowest BCUT2D eigenvalue weighted by Crippen LogP contribution is -2.47. The van der Waals surface area contributed by atoms with Gasteiger partial charge >= 0.3 is 6.03 Å². The number of rotatable bonds is 8. The number of amides is 3. The number of nitrogens with zero attached hydrogens (tertiary/aromatic N) is 2. The third-order valence-electron chi connectivity index (χ3n) is 8.52. The minimum Gasteiger partial charge on any atom is -0.490 e. The van der Waals surface area contributed by atoms with Crippen LogP contribution in [0.1, 0.15) is 96.3 Å². The quantitative estimate of drug-likeness (QED) is 0.369. The molecule has 0 unspecified atom stereocenters. The maximum atomic E-state index is 14.2. The Hall–Kier alpha value is -2.36. The number of fused-ring (bicyclic) bond motifs is 1. The summed E-state index contributed by atoms with van der Waals surface area (Å²) in [4.78, 5) is 30.8. The fourth-order valence-electron chi connectivity index (χ4n) is 6.08. The molecule has 1 fully saturated rings. The van der Waals surface area contributed by atoms with Gasteiger partial charge in [-0.2, -0.15) is 0 Å². The van der Waals surface area contributed by atoms with Crippen molar-refractivity contribution < 1.29 is 24.2 Å². The lowest BCUT2D eigenvalue weighted by atomic mass is 9.89. The zero-order valence-electron chi connectivity index (χ0n) is 26.9. The summed E-state index contributed by atoms with van der Waals surface area (Å²) < 4.78 is 12.8. The van der Waals surface area contributed by atoms with Gasteiger partial charge in [-0.25, -0.2) is 4.79 Å². The van der Waals surface area contributed by atoms with Crippen molar-refractivity contribution >= 4 is 17.6 Å². The summed E-state index contributed by atoms with van der Waals surface area (Å²) >= 11 is 0. The Labute approximate surface area is 253 Å². The van der Waals surface area contributed by atoms with Gasteiger partial charge in [-0.3, -0.25) is 4.79 Å². The SMILES string of the molecule is CC(C)NC(=O)Nc1ccc2c(c1)C(=O)N([C@H](C)CO)C[C@H](C)[C@@H](CN(C)CC1CCCCC1)OCCCC[C@@H](C)O2. The highest BCUT2D eigenvalue weighted by Gasteiger charge is 2.31. The zero-order valence-corrected chi connectivity index (χ0v) is 26.9. The van der Waals surface area contributed by atoms with Crippen LogP contribution in [0.5, 0.6) is 5.75 Å². The lowest BCUT2D eigenvalue weighted by molar-refractivity contribution is -0.0190. The average Bonchev–Trinajstić information content (AvgIpc) is 2.94. The lowest BCUT2D eigenvalue weighted by Gasteiger charge is -2.36. The smallest absolute Gasteiger partial charge is 0.319 e. The van der Waals surface area contributed by atoms with Gasteiger partial charge < -0.3 is 35.0 Å². The van der Waals surface area contributed by atoms with E-state index in [0.29, 0.717) is 30.2 Å². The summed E-state index contributed by atoms with van der Waals surface area (Å²) in [5.41, 5.74) is 0.883. The van der Waals surface area contributed by atoms with Crippen LogP contribution in [-0.4, -0.2) is 91.0 Å². The molecule has 0 spiro atoms. The van der Waals surface area contributed by atoms with E-state index in [9.17, 15) is 14.7 Å². The number of likely N-dealkylation sites (N-methyl/N-ethyl adjacent to an activating group) is 1. The number of aliphatic hydroxyl groups is 1. The largest absolute Gasteiger partial charge is 0.490 e. The topological polar surface area (TPSA) is 103 Å². The van der Waals surface area contributed by atoms with Crippen LogP contribution in [0.4, 0.5) is 10.5 Å². The van der Waals surface area contributed by atoms with Gasteiger partial charge in [0.05, 0.1) is 30.4 Å². The molecule has 0 saturated heterocycles. The Bertz CT molecular complexity index is 983. The Morgan fingerprint density at radius 3 is 2.48 bits per heavy atom. The molecule has 4 atom stereocenters. The number of carbonyl (C=O) groups excluding carboxylic acids is 2. The molecule has 1 aliphatic heterocycles. The summed E-state index contributed by atoms with van der Waals surface area (Å²) in [5, 5.41) is 15.8. The highest BCUT2D eigenvalue weighted by molar-refractivity contribution is 5.99. The number of anilines is 1. The number of nitrogens with one attached hydrogen (secondary N) is 2. The number of hydrogen-bond donors (Lipinski definition) is 3. The Morgan fingerprint density at radius 2 is 1.79 bits per heavy atom. The van der Waals surface area contributed by atoms with Crippen molar-refractivity contribution in [2.45, 2.75) is 110 Å². The number of aliphatic hydroxyl groups excluding tert-OH is 1. The minimum atomic E-state index is -0.403. The van der Waals surface area contributed by atoms with Gasteiger partial charge in [0.15, 0.2) is 0 Å². The van der Waals surface area contributed by atoms with E-state index >= 15 is 0 Å². The van der Waals surface area contributed by atoms with Crippen molar-refractivity contribution in [3.8, 4) is 5.75 Å². The maximum Gasteiger partial charge on any atom is 0.319 e. The second-order valence-electron chi connectivity index (χ2n) is 13.0. The molecule has 9 nitrogen and oxygen atoms in total. The molecule has 42 heavy (non-hydrogen) atoms. The Kier molecular flexibility index (Phi) is 13.9. The average molecular weight is 589 g/mol. The molecule has 3 amide bonds. The van der Waals surface area contributed by atoms with Crippen LogP contribution in [-0.2, 0) is 4.74 Å². The highest BCUT2D eigenvalue weighted by Crippen LogP contribution is 2.29. The maximum absolute atomic E-state index is 14.2. The van der Waals surface area contributed by atoms with Crippen molar-refractivity contribution in [2.75, 3.05) is 45.2 Å². The van der Waals surface area contributed by atoms with Crippen molar-refractivity contribution in [3.63, 3.8) is 0 Å². The minimum absolute atomic E-state index is 0.0209. The van der Waals surface area contributed by atoms with Crippen LogP contribution in [0.25, 0.3) is 0 Å². The fourth-order valence-corrected chi connectivity index (χ4v) is 6.08. The van der Waals surface area contributed by atoms with E-state index < -0.39 is 6.04 Å². The fraction of sp³-hybridized carbons (Fsp3) is 0.758. The van der Waals surface area contributed by atoms with Crippen molar-refractivity contribution in [3.05, 3.63) is 23.8 Å². The van der Waals surface area contributed by atoms with E-state index in [1.165, 1.54) is 32.1 Å². The van der Waals surface area contributed by atoms with E-state index in [1.54, 1.807) is 23.1 Å². The summed E-state index contributed by atoms with van der Waals surface area (Å²) in [6, 6.07) is 4.45. The molecular weight excluding hydrogens is 532 g/mol. The normalized spacial score (nSPS) is 24.1. The Balaban J connectivity index is 1.87. The van der Waals surface area contributed by atoms with Gasteiger partial charge in [-0.1, -0.05) is 26.2 Å². The summed E-state index contributed by atoms with van der Waals surface area (Å²) in [7, 11) is 2.19. The van der Waals surface area contributed by atoms with Crippen molar-refractivity contribution in [1.29, 1.82) is 0 Å². The zero-order chi connectivity index (χ0) is 30.6. The molecule has 3 N–H and O–H groups in total. The molecule has 0 aromatic heterocycles. The predicted molar refractivity (Wildman–Crippen MR) is 168 cm³/mol. The van der Waals surface area contributed by atoms with Gasteiger partial charge in [0.1, 0.15) is 5.75 Å². The number of urea groups is 1. The molecule has 0 radical (unpaired) electrons. The molecule has 1 aromatic carbocycles. The molecule has 2 aliphatic rings. The second kappa shape index (κ2) is 17.1. The van der Waals surface area contributed by atoms with E-state index in [2.05, 4.69) is 29.5 Å². The predicted octanol–water partition coefficient (Wildman–Crippen LogP) is 5.52. The molecule has 1 saturated carbocycles. The first-order valence-electron chi connectivity index (χ1n) is 16.2. The third-order valence-corrected chi connectivity index (χ3v) is 8.52. The Morgan fingerprint density at radius 1 is 1.07 bits per heavy atom. The molecule has 3 rings (SSSR count). The molecule has 1 heterocycles. The molecule has 238 valence electrons. The summed E-state index contributed by atoms with van der Waals surface area (Å²) in [6.45, 7) is 12.6. The van der Waals surface area contributed by atoms with Gasteiger partial charge in [0.2, 0.25) is 0 Å². The summed E-state index contributed by atoms with van der Waals surface area (Å²) in [6.07, 6.45) is 9.23. The van der Waals surface area contributed by atoms with E-state index in [1.807, 2.05) is 27.7 Å². The molecule has 1 aromatic rings. The van der Waals surface area contributed by atoms with Crippen LogP contribution in [0, 0.1) is 11.8 Å². The van der Waals surface area contributed by atoms with E-state index in [0.717, 1.165) is 38.3 Å². The van der Waals surface area contributed by atoms with Gasteiger partial charge in [0.25, 0.3) is 5.91 Å². The third kappa shape index (κ3) is 10.7. The summed E-state index contributed by atoms with van der Waals surface area (Å²) in [5.74, 6) is 1.04. The van der Waals surface area contributed by atoms with Gasteiger partial charge in [-0.15, -0.1) is 0 Å². The van der Waals surface area contributed by atoms with Crippen LogP contribution in [0.3, 0.4) is 0 Å². The number of hydrogen-bond acceptors (Lipinski definition) is 6. The molecule has 1 aliphatic carbocycles. The van der Waals surface area contributed by atoms with Crippen LogP contribution in [0.15, 0.2) is 18.2 Å². The first-order valence-corrected chi connectivity index (χ1v) is 16.2. The van der Waals surface area contributed by atoms with Crippen molar-refractivity contribution in [2.24, 2.45) is 11.8 Å². The standard InChI is InChI=1S/C33H56N4O5/c1-23(2)34-33(40)35-28-15-16-30-29(18-28)32(39)37(25(4)22-38)19-24(3)31(41-17-11-10-12-26(5)42-30)21-36(6)20-27-13-8-7-9-14-27/h15-16,18,23-27,31,38H,7-14,17,19-22H2,1-6H3,(H2,34,35,40)/t24-,25+,26+,31+/m0/s1. The van der Waals surface area contributed by atoms with Gasteiger partial charge in [0, 0.05) is 43.9 Å². The van der Waals surface area contributed by atoms with Crippen LogP contribution in [0.2, 0.25) is 0 Å².